The summed E-state index contributed by atoms with van der Waals surface area (Å²) < 4.78 is 16.4. The van der Waals surface area contributed by atoms with Crippen molar-refractivity contribution >= 4 is 0 Å². The zero-order valence-electron chi connectivity index (χ0n) is 12.8. The number of methoxy groups -OCH3 is 1. The van der Waals surface area contributed by atoms with Gasteiger partial charge in [0.05, 0.1) is 7.11 Å². The second kappa shape index (κ2) is 6.12. The van der Waals surface area contributed by atoms with Crippen molar-refractivity contribution in [2.45, 2.75) is 25.3 Å². The maximum absolute atomic E-state index is 6.02. The third kappa shape index (κ3) is 2.80. The van der Waals surface area contributed by atoms with E-state index in [9.17, 15) is 0 Å². The van der Waals surface area contributed by atoms with Crippen LogP contribution in [0.15, 0.2) is 12.1 Å². The Labute approximate surface area is 126 Å². The number of rotatable bonds is 6. The summed E-state index contributed by atoms with van der Waals surface area (Å²) in [5.41, 5.74) is 7.15. The van der Waals surface area contributed by atoms with Crippen molar-refractivity contribution in [3.8, 4) is 17.2 Å². The summed E-state index contributed by atoms with van der Waals surface area (Å²) in [5.74, 6) is 2.98. The highest BCUT2D eigenvalue weighted by Crippen LogP contribution is 2.43. The van der Waals surface area contributed by atoms with Gasteiger partial charge in [-0.3, -0.25) is 4.90 Å². The van der Waals surface area contributed by atoms with E-state index in [0.29, 0.717) is 12.3 Å². The van der Waals surface area contributed by atoms with Gasteiger partial charge in [-0.05, 0) is 43.5 Å². The monoisotopic (exact) mass is 292 g/mol. The summed E-state index contributed by atoms with van der Waals surface area (Å²) >= 11 is 0. The summed E-state index contributed by atoms with van der Waals surface area (Å²) in [6.45, 7) is 1.92. The summed E-state index contributed by atoms with van der Waals surface area (Å²) in [4.78, 5) is 2.35. The van der Waals surface area contributed by atoms with Crippen molar-refractivity contribution in [1.82, 2.24) is 4.90 Å². The number of hydrogen-bond donors (Lipinski definition) is 1. The van der Waals surface area contributed by atoms with Gasteiger partial charge in [0.1, 0.15) is 0 Å². The average Bonchev–Trinajstić information content (AvgIpc) is 2.91. The van der Waals surface area contributed by atoms with E-state index in [1.165, 1.54) is 19.3 Å². The van der Waals surface area contributed by atoms with Crippen LogP contribution in [0.25, 0.3) is 0 Å². The molecular formula is C16H24N2O3. The van der Waals surface area contributed by atoms with Crippen LogP contribution in [-0.2, 0) is 0 Å². The topological polar surface area (TPSA) is 57.0 Å². The van der Waals surface area contributed by atoms with Crippen LogP contribution >= 0.6 is 0 Å². The quantitative estimate of drug-likeness (QED) is 0.870. The van der Waals surface area contributed by atoms with E-state index in [0.717, 1.165) is 29.5 Å². The molecule has 1 saturated carbocycles. The van der Waals surface area contributed by atoms with Crippen LogP contribution in [0.5, 0.6) is 17.2 Å². The molecule has 2 N–H and O–H groups in total. The number of hydrogen-bond acceptors (Lipinski definition) is 5. The fourth-order valence-electron chi connectivity index (χ4n) is 3.12. The van der Waals surface area contributed by atoms with Crippen molar-refractivity contribution in [3.05, 3.63) is 17.7 Å². The third-order valence-electron chi connectivity index (χ3n) is 4.59. The molecule has 0 aromatic heterocycles. The minimum Gasteiger partial charge on any atom is -0.493 e. The van der Waals surface area contributed by atoms with Crippen LogP contribution in [0.1, 0.15) is 30.9 Å². The Kier molecular flexibility index (Phi) is 4.22. The van der Waals surface area contributed by atoms with Crippen LogP contribution in [0.2, 0.25) is 0 Å². The average molecular weight is 292 g/mol. The van der Waals surface area contributed by atoms with Gasteiger partial charge in [0.25, 0.3) is 0 Å². The highest BCUT2D eigenvalue weighted by molar-refractivity contribution is 5.55. The number of likely N-dealkylation sites (N-methyl/N-ethyl adjacent to an activating group) is 1. The van der Waals surface area contributed by atoms with Gasteiger partial charge < -0.3 is 19.9 Å². The molecule has 1 fully saturated rings. The molecular weight excluding hydrogens is 268 g/mol. The van der Waals surface area contributed by atoms with Gasteiger partial charge in [-0.1, -0.05) is 6.42 Å². The molecule has 2 aliphatic rings. The molecule has 1 aliphatic carbocycles. The minimum absolute atomic E-state index is 0.175. The van der Waals surface area contributed by atoms with E-state index in [4.69, 9.17) is 19.9 Å². The second-order valence-corrected chi connectivity index (χ2v) is 5.94. The number of fused-ring (bicyclic) bond motifs is 1. The first-order chi connectivity index (χ1) is 10.2. The molecule has 0 radical (unpaired) electrons. The van der Waals surface area contributed by atoms with Crippen molar-refractivity contribution in [2.75, 3.05) is 34.0 Å². The summed E-state index contributed by atoms with van der Waals surface area (Å²) in [6.07, 6.45) is 4.04. The van der Waals surface area contributed by atoms with E-state index in [1.807, 2.05) is 12.1 Å². The first-order valence-electron chi connectivity index (χ1n) is 7.60. The molecule has 1 unspecified atom stereocenters. The molecule has 1 aromatic rings. The molecule has 1 atom stereocenters. The van der Waals surface area contributed by atoms with Crippen molar-refractivity contribution in [1.29, 1.82) is 0 Å². The lowest BCUT2D eigenvalue weighted by atomic mass is 9.84. The Hall–Kier alpha value is -1.46. The summed E-state index contributed by atoms with van der Waals surface area (Å²) in [5, 5.41) is 0. The first kappa shape index (κ1) is 14.5. The predicted octanol–water partition coefficient (Wildman–Crippen LogP) is 2.16. The van der Waals surface area contributed by atoms with Crippen LogP contribution in [0.3, 0.4) is 0 Å². The highest BCUT2D eigenvalue weighted by Gasteiger charge is 2.27. The van der Waals surface area contributed by atoms with Gasteiger partial charge in [-0.2, -0.15) is 0 Å². The van der Waals surface area contributed by atoms with E-state index in [-0.39, 0.29) is 12.8 Å². The van der Waals surface area contributed by atoms with Crippen LogP contribution in [-0.4, -0.2) is 38.9 Å². The Morgan fingerprint density at radius 3 is 2.81 bits per heavy atom. The van der Waals surface area contributed by atoms with Gasteiger partial charge in [-0.15, -0.1) is 0 Å². The van der Waals surface area contributed by atoms with Crippen LogP contribution in [0, 0.1) is 5.92 Å². The van der Waals surface area contributed by atoms with Crippen LogP contribution < -0.4 is 19.9 Å². The fourth-order valence-corrected chi connectivity index (χ4v) is 3.12. The van der Waals surface area contributed by atoms with E-state index in [1.54, 1.807) is 7.11 Å². The van der Waals surface area contributed by atoms with Gasteiger partial charge in [0, 0.05) is 19.1 Å². The molecule has 3 rings (SSSR count). The zero-order chi connectivity index (χ0) is 14.8. The van der Waals surface area contributed by atoms with Gasteiger partial charge in [0.2, 0.25) is 12.5 Å². The van der Waals surface area contributed by atoms with Crippen LogP contribution in [0.4, 0.5) is 0 Å². The Balaban J connectivity index is 1.82. The molecule has 1 heterocycles. The maximum atomic E-state index is 6.02. The number of nitrogens with two attached hydrogens (primary N) is 1. The summed E-state index contributed by atoms with van der Waals surface area (Å²) in [7, 11) is 3.80. The fraction of sp³-hybridized carbons (Fsp3) is 0.625. The highest BCUT2D eigenvalue weighted by atomic mass is 16.7. The predicted molar refractivity (Wildman–Crippen MR) is 80.9 cm³/mol. The second-order valence-electron chi connectivity index (χ2n) is 5.94. The zero-order valence-corrected chi connectivity index (χ0v) is 12.8. The molecule has 5 heteroatoms. The number of benzene rings is 1. The Morgan fingerprint density at radius 2 is 2.19 bits per heavy atom. The largest absolute Gasteiger partial charge is 0.493 e. The SMILES string of the molecule is COc1cc(C(CN)N(C)CC2CCC2)cc2c1OCO2. The standard InChI is InChI=1S/C16H24N2O3/c1-18(9-11-4-3-5-11)13(8-17)12-6-14(19-2)16-15(7-12)20-10-21-16/h6-7,11,13H,3-5,8-10,17H2,1-2H3. The molecule has 1 aliphatic heterocycles. The van der Waals surface area contributed by atoms with Crippen molar-refractivity contribution in [3.63, 3.8) is 0 Å². The molecule has 1 aromatic carbocycles. The van der Waals surface area contributed by atoms with E-state index in [2.05, 4.69) is 11.9 Å². The molecule has 0 saturated heterocycles. The molecule has 5 nitrogen and oxygen atoms in total. The van der Waals surface area contributed by atoms with Crippen molar-refractivity contribution < 1.29 is 14.2 Å². The Morgan fingerprint density at radius 1 is 1.38 bits per heavy atom. The molecule has 116 valence electrons. The minimum atomic E-state index is 0.175. The van der Waals surface area contributed by atoms with Crippen molar-refractivity contribution in [2.24, 2.45) is 11.7 Å². The molecule has 0 spiro atoms. The third-order valence-corrected chi connectivity index (χ3v) is 4.59. The normalized spacial score (nSPS) is 18.7. The Bertz CT molecular complexity index is 503. The molecule has 0 bridgehead atoms. The van der Waals surface area contributed by atoms with Gasteiger partial charge in [0.15, 0.2) is 11.5 Å². The maximum Gasteiger partial charge on any atom is 0.231 e. The van der Waals surface area contributed by atoms with Gasteiger partial charge in [-0.25, -0.2) is 0 Å². The molecule has 0 amide bonds. The number of nitrogens with zero attached hydrogens (tertiary/aromatic N) is 1. The van der Waals surface area contributed by atoms with E-state index < -0.39 is 0 Å². The lowest BCUT2D eigenvalue weighted by molar-refractivity contribution is 0.164. The first-order valence-corrected chi connectivity index (χ1v) is 7.60. The number of ether oxygens (including phenoxy) is 3. The lowest BCUT2D eigenvalue weighted by Crippen LogP contribution is -2.36. The summed E-state index contributed by atoms with van der Waals surface area (Å²) in [6, 6.07) is 4.22. The smallest absolute Gasteiger partial charge is 0.231 e. The van der Waals surface area contributed by atoms with Gasteiger partial charge >= 0.3 is 0 Å². The lowest BCUT2D eigenvalue weighted by Gasteiger charge is -2.34. The molecule has 21 heavy (non-hydrogen) atoms. The van der Waals surface area contributed by atoms with E-state index >= 15 is 0 Å².